The quantitative estimate of drug-likeness (QED) is 0.375. The van der Waals surface area contributed by atoms with Gasteiger partial charge in [-0.15, -0.1) is 0 Å². The molecule has 4 N–H and O–H groups in total. The van der Waals surface area contributed by atoms with Crippen molar-refractivity contribution >= 4 is 0 Å². The van der Waals surface area contributed by atoms with E-state index in [1.807, 2.05) is 0 Å². The molecule has 0 aromatic rings. The van der Waals surface area contributed by atoms with Crippen LogP contribution in [0, 0.1) is 5.92 Å². The Bertz CT molecular complexity index is 146. The van der Waals surface area contributed by atoms with E-state index >= 15 is 0 Å². The van der Waals surface area contributed by atoms with Crippen LogP contribution in [0.1, 0.15) is 6.92 Å². The molecule has 0 saturated carbocycles. The minimum atomic E-state index is -1.13. The highest BCUT2D eigenvalue weighted by Crippen LogP contribution is 2.23. The van der Waals surface area contributed by atoms with E-state index in [2.05, 4.69) is 0 Å². The number of rotatable bonds is 1. The molecular weight excluding hydrogens is 164 g/mol. The summed E-state index contributed by atoms with van der Waals surface area (Å²) >= 11 is 0. The predicted octanol–water partition coefficient (Wildman–Crippen LogP) is -1.95. The molecule has 1 aliphatic heterocycles. The average Bonchev–Trinajstić information content (AvgIpc) is 2.08. The predicted molar refractivity (Wildman–Crippen MR) is 39.1 cm³/mol. The molecule has 0 aromatic heterocycles. The molecule has 1 saturated heterocycles. The highest BCUT2D eigenvalue weighted by Gasteiger charge is 2.40. The van der Waals surface area contributed by atoms with Gasteiger partial charge in [-0.25, -0.2) is 0 Å². The molecule has 0 radical (unpaired) electrons. The van der Waals surface area contributed by atoms with Crippen LogP contribution in [0.4, 0.5) is 0 Å². The molecule has 0 amide bonds. The molecule has 5 heteroatoms. The van der Waals surface area contributed by atoms with Crippen LogP contribution >= 0.6 is 0 Å². The molecule has 1 heterocycles. The lowest BCUT2D eigenvalue weighted by molar-refractivity contribution is -0.266. The summed E-state index contributed by atoms with van der Waals surface area (Å²) in [5, 5.41) is 36.4. The second-order valence-electron chi connectivity index (χ2n) is 3.09. The Balaban J connectivity index is 2.63. The minimum absolute atomic E-state index is 0.415. The Labute approximate surface area is 70.2 Å². The molecule has 5 atom stereocenters. The molecule has 5 nitrogen and oxygen atoms in total. The summed E-state index contributed by atoms with van der Waals surface area (Å²) in [6.45, 7) is 1.15. The van der Waals surface area contributed by atoms with Gasteiger partial charge in [0.05, 0.1) is 12.7 Å². The molecule has 0 aromatic carbocycles. The average molecular weight is 178 g/mol. The summed E-state index contributed by atoms with van der Waals surface area (Å²) in [6, 6.07) is 0. The third-order valence-corrected chi connectivity index (χ3v) is 2.21. The fourth-order valence-electron chi connectivity index (χ4n) is 1.23. The van der Waals surface area contributed by atoms with Gasteiger partial charge in [0, 0.05) is 5.92 Å². The summed E-state index contributed by atoms with van der Waals surface area (Å²) in [4.78, 5) is 0. The Morgan fingerprint density at radius 3 is 2.25 bits per heavy atom. The minimum Gasteiger partial charge on any atom is -0.394 e. The van der Waals surface area contributed by atoms with Gasteiger partial charge in [0.15, 0.2) is 6.29 Å². The molecule has 1 aliphatic rings. The first-order valence-corrected chi connectivity index (χ1v) is 3.88. The van der Waals surface area contributed by atoms with E-state index in [1.165, 1.54) is 0 Å². The van der Waals surface area contributed by atoms with Crippen LogP contribution in [0.2, 0.25) is 0 Å². The van der Waals surface area contributed by atoms with Gasteiger partial charge in [-0.05, 0) is 0 Å². The molecule has 0 spiro atoms. The fraction of sp³-hybridized carbons (Fsp3) is 1.00. The largest absolute Gasteiger partial charge is 0.394 e. The second-order valence-corrected chi connectivity index (χ2v) is 3.09. The zero-order valence-electron chi connectivity index (χ0n) is 6.79. The summed E-state index contributed by atoms with van der Waals surface area (Å²) < 4.78 is 4.83. The van der Waals surface area contributed by atoms with Gasteiger partial charge in [-0.1, -0.05) is 6.92 Å². The van der Waals surface area contributed by atoms with Crippen LogP contribution in [-0.4, -0.2) is 51.6 Å². The van der Waals surface area contributed by atoms with Crippen molar-refractivity contribution in [3.63, 3.8) is 0 Å². The highest BCUT2D eigenvalue weighted by molar-refractivity contribution is 4.86. The highest BCUT2D eigenvalue weighted by atomic mass is 16.6. The van der Waals surface area contributed by atoms with Gasteiger partial charge < -0.3 is 25.2 Å². The Morgan fingerprint density at radius 1 is 1.17 bits per heavy atom. The van der Waals surface area contributed by atoms with Crippen molar-refractivity contribution in [2.24, 2.45) is 5.92 Å². The molecule has 12 heavy (non-hydrogen) atoms. The molecule has 72 valence electrons. The topological polar surface area (TPSA) is 90.2 Å². The first kappa shape index (κ1) is 9.88. The van der Waals surface area contributed by atoms with Crippen molar-refractivity contribution in [2.75, 3.05) is 6.61 Å². The molecule has 1 rings (SSSR count). The van der Waals surface area contributed by atoms with E-state index < -0.39 is 37.1 Å². The molecule has 3 unspecified atom stereocenters. The molecule has 0 bridgehead atoms. The van der Waals surface area contributed by atoms with Crippen LogP contribution in [-0.2, 0) is 4.74 Å². The molecular formula is C7H14O5. The van der Waals surface area contributed by atoms with Crippen molar-refractivity contribution < 1.29 is 25.2 Å². The third kappa shape index (κ3) is 1.60. The van der Waals surface area contributed by atoms with Crippen LogP contribution < -0.4 is 0 Å². The maximum atomic E-state index is 9.32. The van der Waals surface area contributed by atoms with Gasteiger partial charge in [0.25, 0.3) is 0 Å². The summed E-state index contributed by atoms with van der Waals surface area (Å²) in [5.41, 5.74) is 0. The molecule has 0 aliphatic carbocycles. The zero-order valence-corrected chi connectivity index (χ0v) is 6.79. The molecule has 1 fully saturated rings. The second kappa shape index (κ2) is 3.68. The Hall–Kier alpha value is -0.200. The SMILES string of the molecule is C[C@H]1C(O)O[C@H](CO)C(O)C1O. The van der Waals surface area contributed by atoms with Gasteiger partial charge in [-0.3, -0.25) is 0 Å². The van der Waals surface area contributed by atoms with E-state index in [4.69, 9.17) is 14.9 Å². The van der Waals surface area contributed by atoms with Crippen LogP contribution in [0.5, 0.6) is 0 Å². The van der Waals surface area contributed by atoms with Crippen molar-refractivity contribution in [2.45, 2.75) is 31.5 Å². The van der Waals surface area contributed by atoms with E-state index in [0.29, 0.717) is 0 Å². The summed E-state index contributed by atoms with van der Waals surface area (Å²) in [5.74, 6) is -0.539. The van der Waals surface area contributed by atoms with Gasteiger partial charge >= 0.3 is 0 Å². The Kier molecular flexibility index (Phi) is 3.03. The number of ether oxygens (including phenoxy) is 1. The lowest BCUT2D eigenvalue weighted by Gasteiger charge is -2.38. The Morgan fingerprint density at radius 2 is 1.75 bits per heavy atom. The van der Waals surface area contributed by atoms with Gasteiger partial charge in [-0.2, -0.15) is 0 Å². The number of hydrogen-bond donors (Lipinski definition) is 4. The van der Waals surface area contributed by atoms with E-state index in [1.54, 1.807) is 6.92 Å². The number of aliphatic hydroxyl groups is 4. The summed E-state index contributed by atoms with van der Waals surface area (Å²) in [6.07, 6.45) is -4.20. The van der Waals surface area contributed by atoms with E-state index in [-0.39, 0.29) is 0 Å². The maximum Gasteiger partial charge on any atom is 0.160 e. The van der Waals surface area contributed by atoms with Crippen LogP contribution in [0.3, 0.4) is 0 Å². The van der Waals surface area contributed by atoms with Crippen molar-refractivity contribution in [1.82, 2.24) is 0 Å². The van der Waals surface area contributed by atoms with E-state index in [0.717, 1.165) is 0 Å². The number of aliphatic hydroxyl groups excluding tert-OH is 4. The normalized spacial score (nSPS) is 49.2. The van der Waals surface area contributed by atoms with Crippen molar-refractivity contribution in [3.8, 4) is 0 Å². The van der Waals surface area contributed by atoms with Crippen molar-refractivity contribution in [1.29, 1.82) is 0 Å². The van der Waals surface area contributed by atoms with Gasteiger partial charge in [0.2, 0.25) is 0 Å². The monoisotopic (exact) mass is 178 g/mol. The van der Waals surface area contributed by atoms with E-state index in [9.17, 15) is 10.2 Å². The lowest BCUT2D eigenvalue weighted by Crippen LogP contribution is -2.54. The zero-order chi connectivity index (χ0) is 9.30. The third-order valence-electron chi connectivity index (χ3n) is 2.21. The lowest BCUT2D eigenvalue weighted by atomic mass is 9.93. The smallest absolute Gasteiger partial charge is 0.160 e. The van der Waals surface area contributed by atoms with Gasteiger partial charge in [0.1, 0.15) is 12.2 Å². The first-order chi connectivity index (χ1) is 5.57. The standard InChI is InChI=1S/C7H14O5/c1-3-5(9)6(10)4(2-8)12-7(3)11/h3-11H,2H2,1H3/t3-,4-,5?,6?,7?/m1/s1. The summed E-state index contributed by atoms with van der Waals surface area (Å²) in [7, 11) is 0. The van der Waals surface area contributed by atoms with Crippen LogP contribution in [0.15, 0.2) is 0 Å². The number of hydrogen-bond acceptors (Lipinski definition) is 5. The van der Waals surface area contributed by atoms with Crippen LogP contribution in [0.25, 0.3) is 0 Å². The first-order valence-electron chi connectivity index (χ1n) is 3.88. The van der Waals surface area contributed by atoms with Crippen molar-refractivity contribution in [3.05, 3.63) is 0 Å². The fourth-order valence-corrected chi connectivity index (χ4v) is 1.23. The maximum absolute atomic E-state index is 9.32.